The highest BCUT2D eigenvalue weighted by Crippen LogP contribution is 2.60. The Morgan fingerprint density at radius 2 is 1.46 bits per heavy atom. The zero-order chi connectivity index (χ0) is 25.1. The van der Waals surface area contributed by atoms with E-state index in [1.54, 1.807) is 54.9 Å². The molecule has 1 aromatic heterocycles. The number of para-hydroxylation sites is 1. The molecule has 1 fully saturated rings. The summed E-state index contributed by atoms with van der Waals surface area (Å²) >= 11 is 0. The van der Waals surface area contributed by atoms with E-state index in [9.17, 15) is 14.4 Å². The van der Waals surface area contributed by atoms with Gasteiger partial charge in [0, 0.05) is 40.7 Å². The van der Waals surface area contributed by atoms with Crippen LogP contribution in [0.25, 0.3) is 6.08 Å². The van der Waals surface area contributed by atoms with Crippen molar-refractivity contribution >= 4 is 29.1 Å². The Bertz CT molecular complexity index is 1570. The van der Waals surface area contributed by atoms with E-state index in [0.29, 0.717) is 22.3 Å². The molecule has 0 radical (unpaired) electrons. The molecule has 0 unspecified atom stereocenters. The number of aromatic nitrogens is 1. The molecule has 4 aromatic rings. The number of nitrogens with zero attached hydrogens (tertiary/aromatic N) is 2. The van der Waals surface area contributed by atoms with Gasteiger partial charge in [-0.2, -0.15) is 0 Å². The molecule has 0 saturated carbocycles. The van der Waals surface area contributed by atoms with Crippen molar-refractivity contribution in [2.75, 3.05) is 4.90 Å². The van der Waals surface area contributed by atoms with Crippen molar-refractivity contribution in [3.63, 3.8) is 0 Å². The molecule has 3 atom stereocenters. The molecule has 0 bridgehead atoms. The smallest absolute Gasteiger partial charge is 0.185 e. The molecule has 0 N–H and O–H groups in total. The van der Waals surface area contributed by atoms with Crippen molar-refractivity contribution in [3.05, 3.63) is 137 Å². The predicted octanol–water partition coefficient (Wildman–Crippen LogP) is 5.40. The summed E-state index contributed by atoms with van der Waals surface area (Å²) in [7, 11) is 0. The largest absolute Gasteiger partial charge is 0.352 e. The van der Waals surface area contributed by atoms with Crippen LogP contribution in [0.1, 0.15) is 48.1 Å². The summed E-state index contributed by atoms with van der Waals surface area (Å²) in [5.41, 5.74) is 2.37. The molecular formula is C32H22N2O3. The lowest BCUT2D eigenvalue weighted by atomic mass is 9.64. The van der Waals surface area contributed by atoms with Gasteiger partial charge in [-0.25, -0.2) is 0 Å². The Morgan fingerprint density at radius 3 is 2.16 bits per heavy atom. The molecule has 5 heteroatoms. The van der Waals surface area contributed by atoms with Crippen molar-refractivity contribution in [2.45, 2.75) is 18.0 Å². The minimum atomic E-state index is -1.49. The van der Waals surface area contributed by atoms with Crippen LogP contribution >= 0.6 is 0 Å². The molecule has 3 aromatic carbocycles. The maximum absolute atomic E-state index is 14.5. The van der Waals surface area contributed by atoms with Crippen molar-refractivity contribution in [3.8, 4) is 0 Å². The topological polar surface area (TPSA) is 67.3 Å². The molecule has 1 spiro atoms. The van der Waals surface area contributed by atoms with E-state index < -0.39 is 23.4 Å². The van der Waals surface area contributed by atoms with Gasteiger partial charge in [-0.05, 0) is 23.3 Å². The standard InChI is InChI=1S/C32H22N2O3/c35-29(21-10-2-1-3-11-21)28-27(22-12-8-18-33-19-22)32(30(36)23-13-5-6-14-24(23)31(32)37)26-17-16-20-9-4-7-15-25(20)34(26)28/h1-19,26-28H/t26-,27-,28+/m0/s1. The van der Waals surface area contributed by atoms with Crippen LogP contribution in [0.3, 0.4) is 0 Å². The van der Waals surface area contributed by atoms with Gasteiger partial charge in [0.1, 0.15) is 11.5 Å². The second-order valence-corrected chi connectivity index (χ2v) is 9.78. The summed E-state index contributed by atoms with van der Waals surface area (Å²) in [5.74, 6) is -1.33. The fourth-order valence-electron chi connectivity index (χ4n) is 6.62. The Morgan fingerprint density at radius 1 is 0.784 bits per heavy atom. The number of rotatable bonds is 3. The summed E-state index contributed by atoms with van der Waals surface area (Å²) < 4.78 is 0. The molecule has 0 amide bonds. The number of benzene rings is 3. The second-order valence-electron chi connectivity index (χ2n) is 9.78. The van der Waals surface area contributed by atoms with Gasteiger partial charge >= 0.3 is 0 Å². The third-order valence-corrected chi connectivity index (χ3v) is 8.08. The molecule has 1 saturated heterocycles. The van der Waals surface area contributed by atoms with Gasteiger partial charge in [0.25, 0.3) is 0 Å². The second kappa shape index (κ2) is 7.93. The molecule has 3 aliphatic rings. The highest BCUT2D eigenvalue weighted by molar-refractivity contribution is 6.32. The zero-order valence-electron chi connectivity index (χ0n) is 19.8. The molecule has 3 heterocycles. The first-order valence-corrected chi connectivity index (χ1v) is 12.4. The average Bonchev–Trinajstić information content (AvgIpc) is 3.40. The average molecular weight is 483 g/mol. The quantitative estimate of drug-likeness (QED) is 0.289. The van der Waals surface area contributed by atoms with Crippen molar-refractivity contribution in [1.29, 1.82) is 0 Å². The minimum absolute atomic E-state index is 0.127. The predicted molar refractivity (Wildman–Crippen MR) is 141 cm³/mol. The Kier molecular flexibility index (Phi) is 4.64. The summed E-state index contributed by atoms with van der Waals surface area (Å²) in [6.45, 7) is 0. The number of Topliss-reactive ketones (excluding diaryl/α,β-unsaturated/α-hetero) is 3. The van der Waals surface area contributed by atoms with Crippen LogP contribution in [-0.2, 0) is 0 Å². The van der Waals surface area contributed by atoms with E-state index in [4.69, 9.17) is 0 Å². The molecule has 2 aliphatic heterocycles. The van der Waals surface area contributed by atoms with Crippen molar-refractivity contribution in [1.82, 2.24) is 4.98 Å². The summed E-state index contributed by atoms with van der Waals surface area (Å²) in [6.07, 6.45) is 7.26. The number of fused-ring (bicyclic) bond motifs is 5. The Hall–Kier alpha value is -4.64. The van der Waals surface area contributed by atoms with Crippen LogP contribution in [0.4, 0.5) is 5.69 Å². The highest BCUT2D eigenvalue weighted by atomic mass is 16.2. The van der Waals surface area contributed by atoms with Gasteiger partial charge in [0.05, 0.1) is 6.04 Å². The first-order valence-electron chi connectivity index (χ1n) is 12.4. The van der Waals surface area contributed by atoms with Gasteiger partial charge in [-0.3, -0.25) is 19.4 Å². The molecule has 5 nitrogen and oxygen atoms in total. The van der Waals surface area contributed by atoms with E-state index in [-0.39, 0.29) is 17.3 Å². The van der Waals surface area contributed by atoms with Crippen LogP contribution in [0, 0.1) is 5.41 Å². The fourth-order valence-corrected chi connectivity index (χ4v) is 6.62. The van der Waals surface area contributed by atoms with Crippen LogP contribution in [-0.4, -0.2) is 34.4 Å². The first kappa shape index (κ1) is 21.6. The van der Waals surface area contributed by atoms with Gasteiger partial charge in [0.15, 0.2) is 17.3 Å². The zero-order valence-corrected chi connectivity index (χ0v) is 19.8. The third kappa shape index (κ3) is 2.79. The van der Waals surface area contributed by atoms with Crippen LogP contribution < -0.4 is 4.90 Å². The van der Waals surface area contributed by atoms with Crippen LogP contribution in [0.2, 0.25) is 0 Å². The maximum Gasteiger partial charge on any atom is 0.185 e. The number of pyridine rings is 1. The van der Waals surface area contributed by atoms with Gasteiger partial charge < -0.3 is 4.90 Å². The Labute approximate surface area is 214 Å². The molecule has 37 heavy (non-hydrogen) atoms. The highest BCUT2D eigenvalue weighted by Gasteiger charge is 2.71. The lowest BCUT2D eigenvalue weighted by Crippen LogP contribution is -2.48. The molecule has 7 rings (SSSR count). The van der Waals surface area contributed by atoms with Gasteiger partial charge in [-0.15, -0.1) is 0 Å². The van der Waals surface area contributed by atoms with E-state index in [1.165, 1.54) is 0 Å². The van der Waals surface area contributed by atoms with E-state index >= 15 is 0 Å². The Balaban J connectivity index is 1.56. The number of ketones is 3. The third-order valence-electron chi connectivity index (χ3n) is 8.08. The minimum Gasteiger partial charge on any atom is -0.352 e. The number of anilines is 1. The van der Waals surface area contributed by atoms with Gasteiger partial charge in [-0.1, -0.05) is 91.0 Å². The van der Waals surface area contributed by atoms with Crippen molar-refractivity contribution in [2.24, 2.45) is 5.41 Å². The number of carbonyl (C=O) groups is 3. The monoisotopic (exact) mass is 482 g/mol. The molecular weight excluding hydrogens is 460 g/mol. The number of carbonyl (C=O) groups excluding carboxylic acids is 3. The number of hydrogen-bond donors (Lipinski definition) is 0. The lowest BCUT2D eigenvalue weighted by molar-refractivity contribution is 0.0666. The van der Waals surface area contributed by atoms with Crippen molar-refractivity contribution < 1.29 is 14.4 Å². The number of hydrogen-bond acceptors (Lipinski definition) is 5. The summed E-state index contributed by atoms with van der Waals surface area (Å²) in [5, 5.41) is 0. The van der Waals surface area contributed by atoms with E-state index in [1.807, 2.05) is 65.6 Å². The van der Waals surface area contributed by atoms with Crippen LogP contribution in [0.5, 0.6) is 0 Å². The maximum atomic E-state index is 14.5. The SMILES string of the molecule is O=C(c1ccccc1)[C@H]1[C@H](c2cccnc2)C2(C(=O)c3ccccc3C2=O)[C@@H]2C=Cc3ccccc3N21. The summed E-state index contributed by atoms with van der Waals surface area (Å²) in [4.78, 5) is 49.7. The van der Waals surface area contributed by atoms with Crippen LogP contribution in [0.15, 0.2) is 109 Å². The lowest BCUT2D eigenvalue weighted by Gasteiger charge is -2.37. The van der Waals surface area contributed by atoms with E-state index in [0.717, 1.165) is 11.3 Å². The first-order chi connectivity index (χ1) is 18.1. The fraction of sp³-hybridized carbons (Fsp3) is 0.125. The summed E-state index contributed by atoms with van der Waals surface area (Å²) in [6, 6.07) is 26.2. The molecule has 178 valence electrons. The van der Waals surface area contributed by atoms with E-state index in [2.05, 4.69) is 4.98 Å². The van der Waals surface area contributed by atoms with Gasteiger partial charge in [0.2, 0.25) is 0 Å². The normalized spacial score (nSPS) is 22.6. The molecule has 1 aliphatic carbocycles.